The second kappa shape index (κ2) is 4.76. The lowest BCUT2D eigenvalue weighted by Gasteiger charge is -2.05. The third-order valence-electron chi connectivity index (χ3n) is 1.65. The Hall–Kier alpha value is -0.880. The minimum absolute atomic E-state index is 0.179. The van der Waals surface area contributed by atoms with Crippen molar-refractivity contribution in [3.63, 3.8) is 0 Å². The van der Waals surface area contributed by atoms with Crippen molar-refractivity contribution in [2.75, 3.05) is 0 Å². The molecule has 0 aliphatic heterocycles. The Balaban J connectivity index is 2.26. The van der Waals surface area contributed by atoms with Crippen LogP contribution < -0.4 is 4.74 Å². The first-order valence-corrected chi connectivity index (χ1v) is 5.62. The Kier molecular flexibility index (Phi) is 3.37. The highest BCUT2D eigenvalue weighted by Crippen LogP contribution is 2.25. The highest BCUT2D eigenvalue weighted by molar-refractivity contribution is 14.1. The lowest BCUT2D eigenvalue weighted by molar-refractivity contribution is 0.458. The molecule has 15 heavy (non-hydrogen) atoms. The Bertz CT molecular complexity index is 478. The van der Waals surface area contributed by atoms with Gasteiger partial charge in [0.05, 0.1) is 3.57 Å². The minimum atomic E-state index is 0.179. The number of rotatable bonds is 2. The summed E-state index contributed by atoms with van der Waals surface area (Å²) in [7, 11) is 0. The van der Waals surface area contributed by atoms with Gasteiger partial charge in [0.15, 0.2) is 0 Å². The van der Waals surface area contributed by atoms with Crippen LogP contribution in [0.25, 0.3) is 0 Å². The number of nitrogens with zero attached hydrogens (tertiary/aromatic N) is 2. The second-order valence-corrected chi connectivity index (χ2v) is 4.20. The fraction of sp³-hybridized carbons (Fsp3) is 0. The zero-order chi connectivity index (χ0) is 10.7. The van der Waals surface area contributed by atoms with E-state index in [2.05, 4.69) is 32.6 Å². The van der Waals surface area contributed by atoms with E-state index in [0.29, 0.717) is 5.88 Å². The van der Waals surface area contributed by atoms with Gasteiger partial charge in [-0.2, -0.15) is 4.98 Å². The van der Waals surface area contributed by atoms with E-state index in [4.69, 9.17) is 16.3 Å². The van der Waals surface area contributed by atoms with Crippen LogP contribution in [-0.4, -0.2) is 9.97 Å². The zero-order valence-corrected chi connectivity index (χ0v) is 10.4. The molecule has 2 aromatic rings. The molecule has 0 saturated heterocycles. The summed E-state index contributed by atoms with van der Waals surface area (Å²) in [6.45, 7) is 0. The van der Waals surface area contributed by atoms with Gasteiger partial charge in [0.1, 0.15) is 5.75 Å². The lowest BCUT2D eigenvalue weighted by Crippen LogP contribution is -1.91. The van der Waals surface area contributed by atoms with E-state index in [1.54, 1.807) is 12.3 Å². The highest BCUT2D eigenvalue weighted by atomic mass is 127. The van der Waals surface area contributed by atoms with Crippen molar-refractivity contribution in [3.8, 4) is 11.6 Å². The van der Waals surface area contributed by atoms with E-state index < -0.39 is 0 Å². The number of hydrogen-bond donors (Lipinski definition) is 0. The smallest absolute Gasteiger partial charge is 0.225 e. The van der Waals surface area contributed by atoms with Gasteiger partial charge in [0.25, 0.3) is 0 Å². The molecule has 1 heterocycles. The Morgan fingerprint density at radius 2 is 2.00 bits per heavy atom. The average molecular weight is 333 g/mol. The standard InChI is InChI=1S/C10H6ClIN2O/c11-10-13-6-5-9(14-10)15-8-4-2-1-3-7(8)12/h1-6H. The summed E-state index contributed by atoms with van der Waals surface area (Å²) in [5.41, 5.74) is 0. The maximum absolute atomic E-state index is 5.65. The Labute approximate surface area is 106 Å². The molecular formula is C10H6ClIN2O. The third-order valence-corrected chi connectivity index (χ3v) is 2.73. The maximum atomic E-state index is 5.65. The van der Waals surface area contributed by atoms with Crippen LogP contribution in [0.15, 0.2) is 36.5 Å². The molecule has 0 spiro atoms. The molecule has 1 aromatic heterocycles. The molecule has 0 unspecified atom stereocenters. The molecule has 0 N–H and O–H groups in total. The SMILES string of the molecule is Clc1nccc(Oc2ccccc2I)n1. The average Bonchev–Trinajstić information content (AvgIpc) is 2.22. The molecule has 76 valence electrons. The predicted molar refractivity (Wildman–Crippen MR) is 66.3 cm³/mol. The van der Waals surface area contributed by atoms with E-state index in [0.717, 1.165) is 9.32 Å². The van der Waals surface area contributed by atoms with Crippen LogP contribution >= 0.6 is 34.2 Å². The largest absolute Gasteiger partial charge is 0.438 e. The van der Waals surface area contributed by atoms with E-state index in [-0.39, 0.29) is 5.28 Å². The fourth-order valence-corrected chi connectivity index (χ4v) is 1.65. The highest BCUT2D eigenvalue weighted by Gasteiger charge is 2.02. The van der Waals surface area contributed by atoms with Crippen LogP contribution in [-0.2, 0) is 0 Å². The van der Waals surface area contributed by atoms with Crippen molar-refractivity contribution >= 4 is 34.2 Å². The first kappa shape index (κ1) is 10.6. The molecule has 0 radical (unpaired) electrons. The summed E-state index contributed by atoms with van der Waals surface area (Å²) in [5, 5.41) is 0.179. The molecule has 0 amide bonds. The van der Waals surface area contributed by atoms with E-state index >= 15 is 0 Å². The van der Waals surface area contributed by atoms with Crippen LogP contribution in [0, 0.1) is 3.57 Å². The van der Waals surface area contributed by atoms with Crippen molar-refractivity contribution in [1.82, 2.24) is 9.97 Å². The van der Waals surface area contributed by atoms with Gasteiger partial charge in [-0.1, -0.05) is 12.1 Å². The molecule has 3 nitrogen and oxygen atoms in total. The second-order valence-electron chi connectivity index (χ2n) is 2.70. The zero-order valence-electron chi connectivity index (χ0n) is 7.52. The van der Waals surface area contributed by atoms with Crippen LogP contribution in [0.2, 0.25) is 5.28 Å². The first-order valence-electron chi connectivity index (χ1n) is 4.16. The van der Waals surface area contributed by atoms with Crippen LogP contribution in [0.4, 0.5) is 0 Å². The molecule has 0 bridgehead atoms. The topological polar surface area (TPSA) is 35.0 Å². The maximum Gasteiger partial charge on any atom is 0.225 e. The monoisotopic (exact) mass is 332 g/mol. The number of ether oxygens (including phenoxy) is 1. The molecular weight excluding hydrogens is 326 g/mol. The summed E-state index contributed by atoms with van der Waals surface area (Å²) in [5.74, 6) is 1.20. The molecule has 1 aromatic carbocycles. The van der Waals surface area contributed by atoms with Gasteiger partial charge in [0.2, 0.25) is 11.2 Å². The molecule has 2 rings (SSSR count). The van der Waals surface area contributed by atoms with Crippen molar-refractivity contribution in [2.24, 2.45) is 0 Å². The first-order chi connectivity index (χ1) is 7.25. The van der Waals surface area contributed by atoms with Crippen molar-refractivity contribution in [3.05, 3.63) is 45.4 Å². The number of aromatic nitrogens is 2. The predicted octanol–water partition coefficient (Wildman–Crippen LogP) is 3.53. The van der Waals surface area contributed by atoms with Crippen molar-refractivity contribution in [2.45, 2.75) is 0 Å². The molecule has 5 heteroatoms. The number of halogens is 2. The van der Waals surface area contributed by atoms with Crippen LogP contribution in [0.5, 0.6) is 11.6 Å². The summed E-state index contributed by atoms with van der Waals surface area (Å²) >= 11 is 7.84. The lowest BCUT2D eigenvalue weighted by atomic mass is 10.3. The number of para-hydroxylation sites is 1. The summed E-state index contributed by atoms with van der Waals surface area (Å²) in [4.78, 5) is 7.71. The molecule has 0 saturated carbocycles. The Morgan fingerprint density at radius 1 is 1.20 bits per heavy atom. The molecule has 0 fully saturated rings. The fourth-order valence-electron chi connectivity index (χ4n) is 1.02. The van der Waals surface area contributed by atoms with Gasteiger partial charge in [-0.15, -0.1) is 0 Å². The van der Waals surface area contributed by atoms with Crippen LogP contribution in [0.1, 0.15) is 0 Å². The van der Waals surface area contributed by atoms with Gasteiger partial charge in [-0.3, -0.25) is 0 Å². The van der Waals surface area contributed by atoms with Gasteiger partial charge < -0.3 is 4.74 Å². The van der Waals surface area contributed by atoms with Gasteiger partial charge >= 0.3 is 0 Å². The minimum Gasteiger partial charge on any atom is -0.438 e. The molecule has 0 aliphatic rings. The van der Waals surface area contributed by atoms with Gasteiger partial charge in [-0.05, 0) is 46.3 Å². The van der Waals surface area contributed by atoms with E-state index in [1.165, 1.54) is 0 Å². The van der Waals surface area contributed by atoms with Crippen LogP contribution in [0.3, 0.4) is 0 Å². The third kappa shape index (κ3) is 2.79. The summed E-state index contributed by atoms with van der Waals surface area (Å²) < 4.78 is 6.57. The Morgan fingerprint density at radius 3 is 2.73 bits per heavy atom. The normalized spacial score (nSPS) is 10.0. The quantitative estimate of drug-likeness (QED) is 0.623. The number of hydrogen-bond acceptors (Lipinski definition) is 3. The van der Waals surface area contributed by atoms with Crippen molar-refractivity contribution in [1.29, 1.82) is 0 Å². The number of benzene rings is 1. The van der Waals surface area contributed by atoms with E-state index in [1.807, 2.05) is 24.3 Å². The van der Waals surface area contributed by atoms with Crippen molar-refractivity contribution < 1.29 is 4.74 Å². The summed E-state index contributed by atoms with van der Waals surface area (Å²) in [6, 6.07) is 9.34. The molecule has 0 atom stereocenters. The van der Waals surface area contributed by atoms with Gasteiger partial charge in [-0.25, -0.2) is 4.98 Å². The van der Waals surface area contributed by atoms with E-state index in [9.17, 15) is 0 Å². The van der Waals surface area contributed by atoms with Gasteiger partial charge in [0, 0.05) is 12.3 Å². The summed E-state index contributed by atoms with van der Waals surface area (Å²) in [6.07, 6.45) is 1.56. The molecule has 0 aliphatic carbocycles.